The van der Waals surface area contributed by atoms with E-state index in [1.807, 2.05) is 0 Å². The van der Waals surface area contributed by atoms with E-state index in [0.29, 0.717) is 0 Å². The van der Waals surface area contributed by atoms with Crippen molar-refractivity contribution in [1.82, 2.24) is 0 Å². The molecule has 0 aliphatic rings. The molecule has 20 heavy (non-hydrogen) atoms. The quantitative estimate of drug-likeness (QED) is 0.486. The van der Waals surface area contributed by atoms with E-state index < -0.39 is 0 Å². The third-order valence-electron chi connectivity index (χ3n) is 3.86. The van der Waals surface area contributed by atoms with Crippen molar-refractivity contribution in [3.63, 3.8) is 0 Å². The van der Waals surface area contributed by atoms with Crippen LogP contribution in [0.5, 0.6) is 0 Å². The van der Waals surface area contributed by atoms with Gasteiger partial charge in [0.15, 0.2) is 0 Å². The first kappa shape index (κ1) is 25.0. The maximum absolute atomic E-state index is 2.31. The van der Waals surface area contributed by atoms with Gasteiger partial charge in [0.2, 0.25) is 0 Å². The molecule has 0 radical (unpaired) electrons. The van der Waals surface area contributed by atoms with Gasteiger partial charge in [-0.25, -0.2) is 0 Å². The van der Waals surface area contributed by atoms with E-state index >= 15 is 0 Å². The van der Waals surface area contributed by atoms with Crippen LogP contribution >= 0.6 is 0 Å². The number of hydrogen-bond donors (Lipinski definition) is 0. The highest BCUT2D eigenvalue weighted by atomic mass is 14.2. The van der Waals surface area contributed by atoms with E-state index in [4.69, 9.17) is 0 Å². The summed E-state index contributed by atoms with van der Waals surface area (Å²) in [7, 11) is 0. The molecule has 0 amide bonds. The highest BCUT2D eigenvalue weighted by Crippen LogP contribution is 2.18. The molecule has 0 N–H and O–H groups in total. The highest BCUT2D eigenvalue weighted by Gasteiger charge is 2.09. The molecule has 0 unspecified atom stereocenters. The van der Waals surface area contributed by atoms with Gasteiger partial charge < -0.3 is 0 Å². The Balaban J connectivity index is -0.000000223. The van der Waals surface area contributed by atoms with Crippen molar-refractivity contribution in [2.45, 2.75) is 95.9 Å². The van der Waals surface area contributed by atoms with Gasteiger partial charge in [0.05, 0.1) is 0 Å². The summed E-state index contributed by atoms with van der Waals surface area (Å²) < 4.78 is 0. The molecule has 0 fully saturated rings. The Kier molecular flexibility index (Phi) is 19.2. The van der Waals surface area contributed by atoms with Crippen LogP contribution in [0.2, 0.25) is 0 Å². The van der Waals surface area contributed by atoms with E-state index in [-0.39, 0.29) is 0 Å². The molecule has 0 spiro atoms. The maximum Gasteiger partial charge on any atom is -0.0396 e. The standard InChI is InChI=1S/C8H18.C7H16.C5H12/c1-6(2)8(5)7(3)4;1-6(2)5-7(3)4;1-4-5(2)3/h6-8H,1-5H3;6-7H,5H2,1-4H3;5H,4H2,1-3H3. The van der Waals surface area contributed by atoms with Gasteiger partial charge in [0.1, 0.15) is 0 Å². The molecule has 0 aromatic carbocycles. The predicted octanol–water partition coefficient (Wildman–Crippen LogP) is 7.68. The molecule has 0 atom stereocenters. The monoisotopic (exact) mass is 286 g/mol. The van der Waals surface area contributed by atoms with Gasteiger partial charge in [-0.1, -0.05) is 89.5 Å². The lowest BCUT2D eigenvalue weighted by molar-refractivity contribution is 0.316. The molecule has 0 aliphatic carbocycles. The van der Waals surface area contributed by atoms with Gasteiger partial charge in [-0.3, -0.25) is 0 Å². The summed E-state index contributed by atoms with van der Waals surface area (Å²) in [5.74, 6) is 5.19. The molecule has 0 saturated carbocycles. The molecule has 0 rings (SSSR count). The minimum absolute atomic E-state index is 0.843. The molecule has 0 heteroatoms. The van der Waals surface area contributed by atoms with Crippen LogP contribution in [-0.2, 0) is 0 Å². The minimum atomic E-state index is 0.843. The summed E-state index contributed by atoms with van der Waals surface area (Å²) in [6, 6.07) is 0. The third kappa shape index (κ3) is 26.5. The number of hydrogen-bond acceptors (Lipinski definition) is 0. The van der Waals surface area contributed by atoms with Crippen LogP contribution in [0.25, 0.3) is 0 Å². The lowest BCUT2D eigenvalue weighted by Crippen LogP contribution is -2.10. The normalized spacial score (nSPS) is 11.1. The van der Waals surface area contributed by atoms with E-state index in [1.165, 1.54) is 12.8 Å². The van der Waals surface area contributed by atoms with Crippen LogP contribution in [0.1, 0.15) is 95.9 Å². The van der Waals surface area contributed by atoms with Gasteiger partial charge in [0.25, 0.3) is 0 Å². The zero-order valence-corrected chi connectivity index (χ0v) is 16.9. The fourth-order valence-electron chi connectivity index (χ4n) is 1.71. The van der Waals surface area contributed by atoms with Gasteiger partial charge >= 0.3 is 0 Å². The molecule has 0 aromatic heterocycles. The van der Waals surface area contributed by atoms with Crippen molar-refractivity contribution < 1.29 is 0 Å². The second-order valence-corrected chi connectivity index (χ2v) is 8.17. The molecule has 0 aromatic rings. The zero-order chi connectivity index (χ0) is 16.9. The summed E-state index contributed by atoms with van der Waals surface area (Å²) in [4.78, 5) is 0. The summed E-state index contributed by atoms with van der Waals surface area (Å²) >= 11 is 0. The fraction of sp³-hybridized carbons (Fsp3) is 1.00. The van der Waals surface area contributed by atoms with Crippen LogP contribution in [0, 0.1) is 35.5 Å². The molecular weight excluding hydrogens is 240 g/mol. The smallest absolute Gasteiger partial charge is 0.0396 e. The van der Waals surface area contributed by atoms with E-state index in [0.717, 1.165) is 35.5 Å². The van der Waals surface area contributed by atoms with Crippen molar-refractivity contribution in [3.05, 3.63) is 0 Å². The van der Waals surface area contributed by atoms with Crippen LogP contribution in [0.4, 0.5) is 0 Å². The molecular formula is C20H46. The fourth-order valence-corrected chi connectivity index (χ4v) is 1.71. The second-order valence-electron chi connectivity index (χ2n) is 8.17. The summed E-state index contributed by atoms with van der Waals surface area (Å²) in [5.41, 5.74) is 0. The Bertz CT molecular complexity index is 149. The van der Waals surface area contributed by atoms with E-state index in [2.05, 4.69) is 83.1 Å². The van der Waals surface area contributed by atoms with E-state index in [9.17, 15) is 0 Å². The zero-order valence-electron chi connectivity index (χ0n) is 16.9. The van der Waals surface area contributed by atoms with Crippen molar-refractivity contribution in [2.75, 3.05) is 0 Å². The van der Waals surface area contributed by atoms with Crippen LogP contribution in [0.15, 0.2) is 0 Å². The molecule has 126 valence electrons. The first-order valence-electron chi connectivity index (χ1n) is 8.95. The Morgan fingerprint density at radius 1 is 0.500 bits per heavy atom. The summed E-state index contributed by atoms with van der Waals surface area (Å²) in [5, 5.41) is 0. The summed E-state index contributed by atoms with van der Waals surface area (Å²) in [6.45, 7) is 27.1. The molecule has 0 nitrogen and oxygen atoms in total. The Labute approximate surface area is 132 Å². The lowest BCUT2D eigenvalue weighted by Gasteiger charge is -2.18. The molecule has 0 bridgehead atoms. The molecule has 0 heterocycles. The Morgan fingerprint density at radius 2 is 0.750 bits per heavy atom. The Morgan fingerprint density at radius 3 is 0.750 bits per heavy atom. The van der Waals surface area contributed by atoms with Crippen LogP contribution in [-0.4, -0.2) is 0 Å². The lowest BCUT2D eigenvalue weighted by atomic mass is 9.88. The van der Waals surface area contributed by atoms with Crippen LogP contribution < -0.4 is 0 Å². The number of rotatable bonds is 5. The van der Waals surface area contributed by atoms with E-state index in [1.54, 1.807) is 0 Å². The van der Waals surface area contributed by atoms with Crippen molar-refractivity contribution >= 4 is 0 Å². The highest BCUT2D eigenvalue weighted by molar-refractivity contribution is 4.59. The Hall–Kier alpha value is 0. The maximum atomic E-state index is 2.31. The largest absolute Gasteiger partial charge is 0.0651 e. The van der Waals surface area contributed by atoms with Gasteiger partial charge in [0, 0.05) is 0 Å². The SMILES string of the molecule is CC(C)C(C)C(C)C.CC(C)CC(C)C.CCC(C)C. The average molecular weight is 287 g/mol. The third-order valence-corrected chi connectivity index (χ3v) is 3.86. The van der Waals surface area contributed by atoms with Gasteiger partial charge in [-0.2, -0.15) is 0 Å². The van der Waals surface area contributed by atoms with Crippen molar-refractivity contribution in [1.29, 1.82) is 0 Å². The first-order valence-corrected chi connectivity index (χ1v) is 8.95. The second kappa shape index (κ2) is 15.4. The molecule has 0 saturated heterocycles. The van der Waals surface area contributed by atoms with Crippen LogP contribution in [0.3, 0.4) is 0 Å². The summed E-state index contributed by atoms with van der Waals surface area (Å²) in [6.07, 6.45) is 2.67. The molecule has 0 aliphatic heterocycles. The van der Waals surface area contributed by atoms with Gasteiger partial charge in [-0.05, 0) is 41.9 Å². The average Bonchev–Trinajstić information content (AvgIpc) is 2.27. The van der Waals surface area contributed by atoms with Crippen molar-refractivity contribution in [3.8, 4) is 0 Å². The van der Waals surface area contributed by atoms with Crippen molar-refractivity contribution in [2.24, 2.45) is 35.5 Å². The minimum Gasteiger partial charge on any atom is -0.0651 e. The first-order chi connectivity index (χ1) is 8.95. The predicted molar refractivity (Wildman–Crippen MR) is 98.3 cm³/mol. The topological polar surface area (TPSA) is 0 Å². The van der Waals surface area contributed by atoms with Gasteiger partial charge in [-0.15, -0.1) is 0 Å².